The van der Waals surface area contributed by atoms with Crippen LogP contribution < -0.4 is 0 Å². The van der Waals surface area contributed by atoms with Crippen LogP contribution in [0.2, 0.25) is 0 Å². The molecule has 2 fully saturated rings. The molecule has 1 aromatic rings. The molecule has 94 valence electrons. The van der Waals surface area contributed by atoms with Crippen molar-refractivity contribution in [1.82, 2.24) is 0 Å². The Morgan fingerprint density at radius 1 is 1.28 bits per heavy atom. The van der Waals surface area contributed by atoms with Gasteiger partial charge in [-0.1, -0.05) is 24.6 Å². The first-order chi connectivity index (χ1) is 8.82. The highest BCUT2D eigenvalue weighted by Gasteiger charge is 2.50. The van der Waals surface area contributed by atoms with Crippen molar-refractivity contribution < 1.29 is 0 Å². The molecule has 1 aromatic carbocycles. The maximum Gasteiger partial charge on any atom is 0.0693 e. The molecule has 3 rings (SSSR count). The number of hydrogen-bond acceptors (Lipinski definition) is 2. The van der Waals surface area contributed by atoms with Crippen LogP contribution in [0.25, 0.3) is 0 Å². The van der Waals surface area contributed by atoms with Crippen molar-refractivity contribution in [3.05, 3.63) is 30.3 Å². The third-order valence-electron chi connectivity index (χ3n) is 4.76. The van der Waals surface area contributed by atoms with E-state index in [-0.39, 0.29) is 5.41 Å². The molecule has 0 aliphatic heterocycles. The van der Waals surface area contributed by atoms with Gasteiger partial charge in [0, 0.05) is 4.90 Å². The van der Waals surface area contributed by atoms with Gasteiger partial charge in [-0.25, -0.2) is 0 Å². The lowest BCUT2D eigenvalue weighted by atomic mass is 9.72. The Kier molecular flexibility index (Phi) is 3.35. The van der Waals surface area contributed by atoms with Crippen molar-refractivity contribution in [3.63, 3.8) is 0 Å². The van der Waals surface area contributed by atoms with Crippen LogP contribution in [0.1, 0.15) is 32.1 Å². The van der Waals surface area contributed by atoms with E-state index >= 15 is 0 Å². The maximum atomic E-state index is 9.58. The lowest BCUT2D eigenvalue weighted by Gasteiger charge is -2.30. The highest BCUT2D eigenvalue weighted by Crippen LogP contribution is 2.57. The second-order valence-electron chi connectivity index (χ2n) is 5.76. The van der Waals surface area contributed by atoms with Crippen LogP contribution in [0.3, 0.4) is 0 Å². The summed E-state index contributed by atoms with van der Waals surface area (Å²) in [6.45, 7) is 0. The van der Waals surface area contributed by atoms with Gasteiger partial charge in [-0.05, 0) is 55.4 Å². The molecule has 1 nitrogen and oxygen atoms in total. The highest BCUT2D eigenvalue weighted by atomic mass is 32.2. The minimum Gasteiger partial charge on any atom is -0.198 e. The van der Waals surface area contributed by atoms with E-state index in [1.165, 1.54) is 30.6 Å². The van der Waals surface area contributed by atoms with Gasteiger partial charge in [0.05, 0.1) is 11.5 Å². The van der Waals surface area contributed by atoms with E-state index in [0.717, 1.165) is 18.1 Å². The Bertz CT molecular complexity index is 450. The monoisotopic (exact) mass is 257 g/mol. The molecular weight excluding hydrogens is 238 g/mol. The lowest BCUT2D eigenvalue weighted by molar-refractivity contribution is 0.234. The van der Waals surface area contributed by atoms with Crippen molar-refractivity contribution in [2.45, 2.75) is 37.0 Å². The SMILES string of the molecule is N#CC1(CCSc2ccccc2)CC2CCC1C2. The molecule has 18 heavy (non-hydrogen) atoms. The zero-order chi connectivity index (χ0) is 12.4. The largest absolute Gasteiger partial charge is 0.198 e. The van der Waals surface area contributed by atoms with E-state index in [0.29, 0.717) is 5.92 Å². The van der Waals surface area contributed by atoms with E-state index in [1.807, 2.05) is 11.8 Å². The first-order valence-electron chi connectivity index (χ1n) is 6.91. The molecule has 2 bridgehead atoms. The Morgan fingerprint density at radius 3 is 2.72 bits per heavy atom. The first kappa shape index (κ1) is 12.1. The fraction of sp³-hybridized carbons (Fsp3) is 0.562. The van der Waals surface area contributed by atoms with Gasteiger partial charge in [-0.3, -0.25) is 0 Å². The average Bonchev–Trinajstić information content (AvgIpc) is 3.01. The summed E-state index contributed by atoms with van der Waals surface area (Å²) < 4.78 is 0. The predicted octanol–water partition coefficient (Wildman–Crippen LogP) is 4.50. The molecule has 3 unspecified atom stereocenters. The van der Waals surface area contributed by atoms with Crippen LogP contribution in [0.15, 0.2) is 35.2 Å². The van der Waals surface area contributed by atoms with Gasteiger partial charge in [-0.15, -0.1) is 11.8 Å². The molecule has 0 aromatic heterocycles. The van der Waals surface area contributed by atoms with Gasteiger partial charge in [0.25, 0.3) is 0 Å². The van der Waals surface area contributed by atoms with Gasteiger partial charge < -0.3 is 0 Å². The predicted molar refractivity (Wildman–Crippen MR) is 75.3 cm³/mol. The molecule has 2 aliphatic rings. The summed E-state index contributed by atoms with van der Waals surface area (Å²) in [7, 11) is 0. The van der Waals surface area contributed by atoms with Gasteiger partial charge in [0.2, 0.25) is 0 Å². The lowest BCUT2D eigenvalue weighted by Crippen LogP contribution is -2.26. The Morgan fingerprint density at radius 2 is 2.11 bits per heavy atom. The van der Waals surface area contributed by atoms with Gasteiger partial charge in [0.1, 0.15) is 0 Å². The standard InChI is InChI=1S/C16H19NS/c17-12-16(11-13-6-7-14(16)10-13)8-9-18-15-4-2-1-3-5-15/h1-5,13-14H,6-11H2. The summed E-state index contributed by atoms with van der Waals surface area (Å²) in [6.07, 6.45) is 6.24. The second kappa shape index (κ2) is 4.97. The summed E-state index contributed by atoms with van der Waals surface area (Å²) in [4.78, 5) is 1.33. The van der Waals surface area contributed by atoms with E-state index in [9.17, 15) is 5.26 Å². The molecule has 2 heteroatoms. The molecule has 3 atom stereocenters. The minimum atomic E-state index is 0.0185. The number of nitriles is 1. The van der Waals surface area contributed by atoms with E-state index in [2.05, 4.69) is 36.4 Å². The first-order valence-corrected chi connectivity index (χ1v) is 7.90. The molecule has 0 saturated heterocycles. The van der Waals surface area contributed by atoms with Gasteiger partial charge >= 0.3 is 0 Å². The minimum absolute atomic E-state index is 0.0185. The highest BCUT2D eigenvalue weighted by molar-refractivity contribution is 7.99. The number of benzene rings is 1. The molecule has 2 aliphatic carbocycles. The topological polar surface area (TPSA) is 23.8 Å². The van der Waals surface area contributed by atoms with E-state index in [1.54, 1.807) is 0 Å². The zero-order valence-electron chi connectivity index (χ0n) is 10.6. The van der Waals surface area contributed by atoms with Crippen LogP contribution in [-0.2, 0) is 0 Å². The van der Waals surface area contributed by atoms with E-state index < -0.39 is 0 Å². The Balaban J connectivity index is 1.58. The molecule has 0 amide bonds. The fourth-order valence-corrected chi connectivity index (χ4v) is 4.86. The number of rotatable bonds is 4. The summed E-state index contributed by atoms with van der Waals surface area (Å²) in [6, 6.07) is 13.2. The Labute approximate surface area is 114 Å². The van der Waals surface area contributed by atoms with Crippen LogP contribution in [0.5, 0.6) is 0 Å². The van der Waals surface area contributed by atoms with Crippen molar-refractivity contribution in [3.8, 4) is 6.07 Å². The van der Waals surface area contributed by atoms with Gasteiger partial charge in [-0.2, -0.15) is 5.26 Å². The van der Waals surface area contributed by atoms with Crippen LogP contribution in [0.4, 0.5) is 0 Å². The Hall–Kier alpha value is -0.940. The maximum absolute atomic E-state index is 9.58. The number of fused-ring (bicyclic) bond motifs is 2. The normalized spacial score (nSPS) is 33.5. The smallest absolute Gasteiger partial charge is 0.0693 e. The molecule has 0 N–H and O–H groups in total. The average molecular weight is 257 g/mol. The van der Waals surface area contributed by atoms with Crippen molar-refractivity contribution >= 4 is 11.8 Å². The van der Waals surface area contributed by atoms with Gasteiger partial charge in [0.15, 0.2) is 0 Å². The van der Waals surface area contributed by atoms with Crippen LogP contribution in [0, 0.1) is 28.6 Å². The van der Waals surface area contributed by atoms with E-state index in [4.69, 9.17) is 0 Å². The summed E-state index contributed by atoms with van der Waals surface area (Å²) in [5.41, 5.74) is 0.0185. The second-order valence-corrected chi connectivity index (χ2v) is 6.93. The summed E-state index contributed by atoms with van der Waals surface area (Å²) in [5.74, 6) is 2.64. The van der Waals surface area contributed by atoms with Crippen molar-refractivity contribution in [2.75, 3.05) is 5.75 Å². The van der Waals surface area contributed by atoms with Crippen molar-refractivity contribution in [1.29, 1.82) is 5.26 Å². The van der Waals surface area contributed by atoms with Crippen molar-refractivity contribution in [2.24, 2.45) is 17.3 Å². The quantitative estimate of drug-likeness (QED) is 0.742. The number of thioether (sulfide) groups is 1. The third kappa shape index (κ3) is 2.17. The molecule has 0 radical (unpaired) electrons. The number of nitrogens with zero attached hydrogens (tertiary/aromatic N) is 1. The molecule has 0 spiro atoms. The third-order valence-corrected chi connectivity index (χ3v) is 5.77. The molecule has 2 saturated carbocycles. The zero-order valence-corrected chi connectivity index (χ0v) is 11.5. The summed E-state index contributed by atoms with van der Waals surface area (Å²) in [5, 5.41) is 9.58. The number of hydrogen-bond donors (Lipinski definition) is 0. The fourth-order valence-electron chi connectivity index (χ4n) is 3.81. The summed E-state index contributed by atoms with van der Waals surface area (Å²) >= 11 is 1.90. The van der Waals surface area contributed by atoms with Crippen LogP contribution >= 0.6 is 11.8 Å². The molecular formula is C16H19NS. The van der Waals surface area contributed by atoms with Crippen LogP contribution in [-0.4, -0.2) is 5.75 Å². The molecule has 0 heterocycles.